The number of hydrogen-bond donors (Lipinski definition) is 0. The van der Waals surface area contributed by atoms with Crippen LogP contribution in [-0.2, 0) is 4.74 Å². The van der Waals surface area contributed by atoms with Gasteiger partial charge in [0.15, 0.2) is 0 Å². The van der Waals surface area contributed by atoms with E-state index in [2.05, 4.69) is 37.5 Å². The number of morpholine rings is 1. The van der Waals surface area contributed by atoms with Gasteiger partial charge in [0.1, 0.15) is 0 Å². The quantitative estimate of drug-likeness (QED) is 0.748. The molecule has 2 aliphatic heterocycles. The zero-order chi connectivity index (χ0) is 15.3. The summed E-state index contributed by atoms with van der Waals surface area (Å²) in [5.41, 5.74) is 0.170. The van der Waals surface area contributed by atoms with Crippen molar-refractivity contribution in [3.8, 4) is 0 Å². The van der Waals surface area contributed by atoms with Gasteiger partial charge in [-0.25, -0.2) is 0 Å². The van der Waals surface area contributed by atoms with Crippen molar-refractivity contribution in [2.45, 2.75) is 59.0 Å². The fraction of sp³-hybridized carbons (Fsp3) is 1.00. The lowest BCUT2D eigenvalue weighted by atomic mass is 9.89. The predicted molar refractivity (Wildman–Crippen MR) is 89.7 cm³/mol. The Hall–Kier alpha value is -0.120. The monoisotopic (exact) mass is 296 g/mol. The number of nitrogens with zero attached hydrogens (tertiary/aromatic N) is 2. The molecule has 124 valence electrons. The molecule has 2 heterocycles. The second kappa shape index (κ2) is 7.94. The summed E-state index contributed by atoms with van der Waals surface area (Å²) in [6, 6.07) is 0. The van der Waals surface area contributed by atoms with Crippen LogP contribution in [0.3, 0.4) is 0 Å². The van der Waals surface area contributed by atoms with Crippen LogP contribution in [0.4, 0.5) is 0 Å². The van der Waals surface area contributed by atoms with Crippen LogP contribution in [0.25, 0.3) is 0 Å². The van der Waals surface area contributed by atoms with Crippen LogP contribution in [-0.4, -0.2) is 61.3 Å². The van der Waals surface area contributed by atoms with Gasteiger partial charge in [-0.05, 0) is 44.1 Å². The molecule has 21 heavy (non-hydrogen) atoms. The molecule has 1 spiro atoms. The third kappa shape index (κ3) is 5.54. The zero-order valence-electron chi connectivity index (χ0n) is 14.7. The van der Waals surface area contributed by atoms with Crippen LogP contribution in [0.2, 0.25) is 0 Å². The Morgan fingerprint density at radius 1 is 0.952 bits per heavy atom. The molecule has 3 heteroatoms. The fourth-order valence-electron chi connectivity index (χ4n) is 3.80. The number of likely N-dealkylation sites (tertiary alicyclic amines) is 1. The molecule has 0 aliphatic carbocycles. The number of piperidine rings is 1. The molecule has 2 rings (SSSR count). The molecule has 0 bridgehead atoms. The third-order valence-corrected chi connectivity index (χ3v) is 4.97. The first-order valence-corrected chi connectivity index (χ1v) is 9.08. The van der Waals surface area contributed by atoms with Crippen LogP contribution >= 0.6 is 0 Å². The summed E-state index contributed by atoms with van der Waals surface area (Å²) in [6.45, 7) is 17.5. The van der Waals surface area contributed by atoms with Gasteiger partial charge in [0, 0.05) is 32.7 Å². The van der Waals surface area contributed by atoms with E-state index in [0.717, 1.165) is 25.0 Å². The zero-order valence-corrected chi connectivity index (χ0v) is 14.7. The molecule has 0 unspecified atom stereocenters. The summed E-state index contributed by atoms with van der Waals surface area (Å²) in [7, 11) is 0. The van der Waals surface area contributed by atoms with Crippen LogP contribution < -0.4 is 0 Å². The molecule has 0 atom stereocenters. The summed E-state index contributed by atoms with van der Waals surface area (Å²) in [5, 5.41) is 0. The molecule has 0 amide bonds. The first-order chi connectivity index (χ1) is 9.99. The largest absolute Gasteiger partial charge is 0.372 e. The molecule has 2 fully saturated rings. The van der Waals surface area contributed by atoms with Gasteiger partial charge < -0.3 is 9.64 Å². The smallest absolute Gasteiger partial charge is 0.0833 e. The van der Waals surface area contributed by atoms with Gasteiger partial charge in [-0.15, -0.1) is 0 Å². The van der Waals surface area contributed by atoms with E-state index in [1.807, 2.05) is 0 Å². The van der Waals surface area contributed by atoms with E-state index >= 15 is 0 Å². The predicted octanol–water partition coefficient (Wildman–Crippen LogP) is 3.25. The highest BCUT2D eigenvalue weighted by Crippen LogP contribution is 2.30. The highest BCUT2D eigenvalue weighted by atomic mass is 16.5. The van der Waals surface area contributed by atoms with Crippen molar-refractivity contribution in [2.24, 2.45) is 11.8 Å². The summed E-state index contributed by atoms with van der Waals surface area (Å²) in [6.07, 6.45) is 5.14. The lowest BCUT2D eigenvalue weighted by Gasteiger charge is -2.47. The third-order valence-electron chi connectivity index (χ3n) is 4.97. The molecule has 0 radical (unpaired) electrons. The van der Waals surface area contributed by atoms with Gasteiger partial charge in [-0.1, -0.05) is 27.7 Å². The number of hydrogen-bond acceptors (Lipinski definition) is 3. The molecule has 0 aromatic carbocycles. The summed E-state index contributed by atoms with van der Waals surface area (Å²) in [5.74, 6) is 1.61. The molecule has 0 aromatic rings. The topological polar surface area (TPSA) is 15.7 Å². The van der Waals surface area contributed by atoms with Crippen LogP contribution in [0, 0.1) is 11.8 Å². The van der Waals surface area contributed by atoms with E-state index < -0.39 is 0 Å². The average molecular weight is 296 g/mol. The van der Waals surface area contributed by atoms with Crippen molar-refractivity contribution in [2.75, 3.05) is 45.9 Å². The Kier molecular flexibility index (Phi) is 6.51. The highest BCUT2D eigenvalue weighted by Gasteiger charge is 2.39. The van der Waals surface area contributed by atoms with Crippen molar-refractivity contribution in [3.63, 3.8) is 0 Å². The SMILES string of the molecule is CC(C)CCCN1CCOC2(CCN(CC(C)C)CC2)C1. The van der Waals surface area contributed by atoms with Crippen LogP contribution in [0.5, 0.6) is 0 Å². The molecule has 0 saturated carbocycles. The Balaban J connectivity index is 1.75. The van der Waals surface area contributed by atoms with Gasteiger partial charge >= 0.3 is 0 Å². The standard InChI is InChI=1S/C18H36N2O/c1-16(2)6-5-9-20-12-13-21-18(15-20)7-10-19(11-8-18)14-17(3)4/h16-17H,5-15H2,1-4H3. The van der Waals surface area contributed by atoms with Gasteiger partial charge in [0.25, 0.3) is 0 Å². The lowest BCUT2D eigenvalue weighted by molar-refractivity contribution is -0.136. The normalized spacial score (nSPS) is 24.3. The van der Waals surface area contributed by atoms with E-state index in [1.165, 1.54) is 58.4 Å². The Morgan fingerprint density at radius 2 is 1.67 bits per heavy atom. The molecular formula is C18H36N2O. The van der Waals surface area contributed by atoms with Crippen LogP contribution in [0.1, 0.15) is 53.4 Å². The first-order valence-electron chi connectivity index (χ1n) is 9.08. The summed E-state index contributed by atoms with van der Waals surface area (Å²) >= 11 is 0. The second-order valence-corrected chi connectivity index (χ2v) is 8.04. The van der Waals surface area contributed by atoms with Gasteiger partial charge in [-0.2, -0.15) is 0 Å². The minimum Gasteiger partial charge on any atom is -0.372 e. The van der Waals surface area contributed by atoms with E-state index in [1.54, 1.807) is 0 Å². The van der Waals surface area contributed by atoms with Gasteiger partial charge in [-0.3, -0.25) is 4.90 Å². The number of ether oxygens (including phenoxy) is 1. The minimum absolute atomic E-state index is 0.170. The first kappa shape index (κ1) is 17.2. The molecule has 2 saturated heterocycles. The summed E-state index contributed by atoms with van der Waals surface area (Å²) < 4.78 is 6.25. The highest BCUT2D eigenvalue weighted by molar-refractivity contribution is 4.93. The van der Waals surface area contributed by atoms with Crippen molar-refractivity contribution in [1.82, 2.24) is 9.80 Å². The van der Waals surface area contributed by atoms with Crippen molar-refractivity contribution < 1.29 is 4.74 Å². The number of rotatable bonds is 6. The molecule has 0 aromatic heterocycles. The van der Waals surface area contributed by atoms with E-state index in [-0.39, 0.29) is 5.60 Å². The van der Waals surface area contributed by atoms with Gasteiger partial charge in [0.2, 0.25) is 0 Å². The Bertz CT molecular complexity index is 296. The molecule has 2 aliphatic rings. The Labute approximate surface area is 132 Å². The maximum absolute atomic E-state index is 6.25. The molecular weight excluding hydrogens is 260 g/mol. The maximum Gasteiger partial charge on any atom is 0.0833 e. The molecule has 3 nitrogen and oxygen atoms in total. The lowest BCUT2D eigenvalue weighted by Crippen LogP contribution is -2.57. The summed E-state index contributed by atoms with van der Waals surface area (Å²) in [4.78, 5) is 5.28. The minimum atomic E-state index is 0.170. The van der Waals surface area contributed by atoms with Gasteiger partial charge in [0.05, 0.1) is 12.2 Å². The Morgan fingerprint density at radius 3 is 2.29 bits per heavy atom. The fourth-order valence-corrected chi connectivity index (χ4v) is 3.80. The van der Waals surface area contributed by atoms with Crippen molar-refractivity contribution >= 4 is 0 Å². The average Bonchev–Trinajstić information content (AvgIpc) is 2.41. The van der Waals surface area contributed by atoms with Crippen LogP contribution in [0.15, 0.2) is 0 Å². The van der Waals surface area contributed by atoms with E-state index in [4.69, 9.17) is 4.74 Å². The van der Waals surface area contributed by atoms with E-state index in [9.17, 15) is 0 Å². The van der Waals surface area contributed by atoms with Crippen molar-refractivity contribution in [1.29, 1.82) is 0 Å². The van der Waals surface area contributed by atoms with Crippen molar-refractivity contribution in [3.05, 3.63) is 0 Å². The van der Waals surface area contributed by atoms with E-state index in [0.29, 0.717) is 0 Å². The molecule has 0 N–H and O–H groups in total. The second-order valence-electron chi connectivity index (χ2n) is 8.04. The maximum atomic E-state index is 6.25.